The number of hydrogen-bond donors (Lipinski definition) is 2. The van der Waals surface area contributed by atoms with Gasteiger partial charge in [-0.2, -0.15) is 5.10 Å². The lowest BCUT2D eigenvalue weighted by molar-refractivity contribution is -0.144. The Morgan fingerprint density at radius 2 is 2.14 bits per heavy atom. The molecule has 1 atom stereocenters. The molecule has 3 rings (SSSR count). The molecule has 5 heteroatoms. The van der Waals surface area contributed by atoms with Crippen LogP contribution in [0.1, 0.15) is 39.7 Å². The second-order valence-corrected chi connectivity index (χ2v) is 6.10. The van der Waals surface area contributed by atoms with Gasteiger partial charge in [-0.25, -0.2) is 0 Å². The Morgan fingerprint density at radius 3 is 2.86 bits per heavy atom. The SMILES string of the molecule is Cc1ccc(C)c(C(C(=O)O)N2CCc3n[nH]c(C)c3C2)c1. The molecule has 116 valence electrons. The molecule has 0 saturated heterocycles. The Labute approximate surface area is 130 Å². The van der Waals surface area contributed by atoms with Crippen LogP contribution in [0.4, 0.5) is 0 Å². The van der Waals surface area contributed by atoms with Crippen molar-refractivity contribution in [3.63, 3.8) is 0 Å². The number of carboxylic acid groups (broad SMARTS) is 1. The van der Waals surface area contributed by atoms with Crippen molar-refractivity contribution in [2.75, 3.05) is 6.54 Å². The summed E-state index contributed by atoms with van der Waals surface area (Å²) in [6.07, 6.45) is 0.786. The molecule has 5 nitrogen and oxygen atoms in total. The summed E-state index contributed by atoms with van der Waals surface area (Å²) in [5.74, 6) is -0.793. The molecule has 2 N–H and O–H groups in total. The number of fused-ring (bicyclic) bond motifs is 1. The van der Waals surface area contributed by atoms with Crippen molar-refractivity contribution in [2.45, 2.75) is 39.8 Å². The fourth-order valence-corrected chi connectivity index (χ4v) is 3.21. The van der Waals surface area contributed by atoms with Crippen molar-refractivity contribution >= 4 is 5.97 Å². The van der Waals surface area contributed by atoms with Gasteiger partial charge in [0.1, 0.15) is 6.04 Å². The van der Waals surface area contributed by atoms with Gasteiger partial charge in [0.25, 0.3) is 0 Å². The molecule has 1 unspecified atom stereocenters. The number of nitrogens with one attached hydrogen (secondary N) is 1. The van der Waals surface area contributed by atoms with E-state index in [1.807, 2.05) is 43.9 Å². The molecule has 0 saturated carbocycles. The Morgan fingerprint density at radius 1 is 1.36 bits per heavy atom. The summed E-state index contributed by atoms with van der Waals surface area (Å²) >= 11 is 0. The van der Waals surface area contributed by atoms with Gasteiger partial charge in [-0.05, 0) is 31.9 Å². The summed E-state index contributed by atoms with van der Waals surface area (Å²) in [5.41, 5.74) is 6.24. The normalized spacial score (nSPS) is 16.3. The van der Waals surface area contributed by atoms with Gasteiger partial charge in [0, 0.05) is 30.8 Å². The van der Waals surface area contributed by atoms with E-state index in [1.165, 1.54) is 0 Å². The second kappa shape index (κ2) is 5.57. The number of aromatic amines is 1. The molecular weight excluding hydrogens is 278 g/mol. The van der Waals surface area contributed by atoms with Crippen molar-refractivity contribution in [3.8, 4) is 0 Å². The van der Waals surface area contributed by atoms with Crippen LogP contribution < -0.4 is 0 Å². The van der Waals surface area contributed by atoms with Crippen LogP contribution in [0.25, 0.3) is 0 Å². The molecule has 22 heavy (non-hydrogen) atoms. The number of rotatable bonds is 3. The van der Waals surface area contributed by atoms with Gasteiger partial charge in [-0.1, -0.05) is 23.8 Å². The monoisotopic (exact) mass is 299 g/mol. The third kappa shape index (κ3) is 2.52. The van der Waals surface area contributed by atoms with E-state index < -0.39 is 12.0 Å². The van der Waals surface area contributed by atoms with E-state index in [9.17, 15) is 9.90 Å². The number of H-pyrrole nitrogens is 1. The van der Waals surface area contributed by atoms with Crippen LogP contribution in [0.3, 0.4) is 0 Å². The zero-order chi connectivity index (χ0) is 15.9. The lowest BCUT2D eigenvalue weighted by atomic mass is 9.95. The molecule has 1 aromatic heterocycles. The van der Waals surface area contributed by atoms with Crippen LogP contribution in [-0.4, -0.2) is 32.7 Å². The number of nitrogens with zero attached hydrogens (tertiary/aromatic N) is 2. The molecule has 1 aliphatic heterocycles. The van der Waals surface area contributed by atoms with Gasteiger partial charge < -0.3 is 5.11 Å². The molecule has 2 aromatic rings. The summed E-state index contributed by atoms with van der Waals surface area (Å²) in [6.45, 7) is 7.30. The van der Waals surface area contributed by atoms with Crippen LogP contribution in [0, 0.1) is 20.8 Å². The van der Waals surface area contributed by atoms with Gasteiger partial charge in [-0.3, -0.25) is 14.8 Å². The molecule has 1 aliphatic rings. The molecule has 1 aromatic carbocycles. The van der Waals surface area contributed by atoms with Crippen molar-refractivity contribution in [1.29, 1.82) is 0 Å². The first kappa shape index (κ1) is 14.8. The van der Waals surface area contributed by atoms with Crippen molar-refractivity contribution in [2.24, 2.45) is 0 Å². The highest BCUT2D eigenvalue weighted by atomic mass is 16.4. The van der Waals surface area contributed by atoms with Crippen LogP contribution in [0.15, 0.2) is 18.2 Å². The van der Waals surface area contributed by atoms with Crippen molar-refractivity contribution in [3.05, 3.63) is 51.8 Å². The maximum atomic E-state index is 11.9. The van der Waals surface area contributed by atoms with Gasteiger partial charge in [0.15, 0.2) is 0 Å². The molecule has 0 radical (unpaired) electrons. The highest BCUT2D eigenvalue weighted by Crippen LogP contribution is 2.30. The topological polar surface area (TPSA) is 69.2 Å². The van der Waals surface area contributed by atoms with E-state index in [2.05, 4.69) is 10.2 Å². The van der Waals surface area contributed by atoms with Gasteiger partial charge in [0.2, 0.25) is 0 Å². The Kier molecular flexibility index (Phi) is 3.74. The second-order valence-electron chi connectivity index (χ2n) is 6.10. The predicted octanol–water partition coefficient (Wildman–Crippen LogP) is 2.52. The van der Waals surface area contributed by atoms with E-state index in [-0.39, 0.29) is 0 Å². The minimum atomic E-state index is -0.793. The molecule has 0 amide bonds. The van der Waals surface area contributed by atoms with Gasteiger partial charge in [-0.15, -0.1) is 0 Å². The lowest BCUT2D eigenvalue weighted by Crippen LogP contribution is -2.38. The minimum Gasteiger partial charge on any atom is -0.480 e. The summed E-state index contributed by atoms with van der Waals surface area (Å²) < 4.78 is 0. The van der Waals surface area contributed by atoms with E-state index in [4.69, 9.17) is 0 Å². The zero-order valence-electron chi connectivity index (χ0n) is 13.2. The van der Waals surface area contributed by atoms with E-state index in [0.29, 0.717) is 13.1 Å². The number of aryl methyl sites for hydroxylation is 3. The average Bonchev–Trinajstić information content (AvgIpc) is 2.84. The zero-order valence-corrected chi connectivity index (χ0v) is 13.2. The summed E-state index contributed by atoms with van der Waals surface area (Å²) in [7, 11) is 0. The average molecular weight is 299 g/mol. The third-order valence-electron chi connectivity index (χ3n) is 4.48. The first-order valence-electron chi connectivity index (χ1n) is 7.54. The largest absolute Gasteiger partial charge is 0.480 e. The highest BCUT2D eigenvalue weighted by molar-refractivity contribution is 5.76. The first-order valence-corrected chi connectivity index (χ1v) is 7.54. The molecular formula is C17H21N3O2. The molecule has 2 heterocycles. The highest BCUT2D eigenvalue weighted by Gasteiger charge is 2.32. The molecule has 0 fully saturated rings. The van der Waals surface area contributed by atoms with Crippen LogP contribution in [-0.2, 0) is 17.8 Å². The molecule has 0 spiro atoms. The number of benzene rings is 1. The maximum absolute atomic E-state index is 11.9. The standard InChI is InChI=1S/C17H21N3O2/c1-10-4-5-11(2)13(8-10)16(17(21)22)20-7-6-15-14(9-20)12(3)18-19-15/h4-5,8,16H,6-7,9H2,1-3H3,(H,18,19)(H,21,22). The number of aromatic nitrogens is 2. The number of carboxylic acids is 1. The maximum Gasteiger partial charge on any atom is 0.325 e. The fourth-order valence-electron chi connectivity index (χ4n) is 3.21. The first-order chi connectivity index (χ1) is 10.5. The molecule has 0 aliphatic carbocycles. The summed E-state index contributed by atoms with van der Waals surface area (Å²) in [5, 5.41) is 17.1. The van der Waals surface area contributed by atoms with Crippen molar-refractivity contribution in [1.82, 2.24) is 15.1 Å². The van der Waals surface area contributed by atoms with Gasteiger partial charge in [0.05, 0.1) is 5.69 Å². The Bertz CT molecular complexity index is 721. The van der Waals surface area contributed by atoms with Crippen LogP contribution in [0.2, 0.25) is 0 Å². The smallest absolute Gasteiger partial charge is 0.325 e. The van der Waals surface area contributed by atoms with E-state index >= 15 is 0 Å². The van der Waals surface area contributed by atoms with Crippen molar-refractivity contribution < 1.29 is 9.90 Å². The summed E-state index contributed by atoms with van der Waals surface area (Å²) in [6, 6.07) is 5.40. The van der Waals surface area contributed by atoms with E-state index in [1.54, 1.807) is 0 Å². The van der Waals surface area contributed by atoms with Crippen LogP contribution in [0.5, 0.6) is 0 Å². The molecule has 0 bridgehead atoms. The Hall–Kier alpha value is -2.14. The van der Waals surface area contributed by atoms with E-state index in [0.717, 1.165) is 40.1 Å². The minimum absolute atomic E-state index is 0.609. The number of hydrogen-bond acceptors (Lipinski definition) is 3. The van der Waals surface area contributed by atoms with Gasteiger partial charge >= 0.3 is 5.97 Å². The number of carbonyl (C=O) groups is 1. The number of aliphatic carboxylic acids is 1. The Balaban J connectivity index is 1.98. The van der Waals surface area contributed by atoms with Crippen LogP contribution >= 0.6 is 0 Å². The predicted molar refractivity (Wildman–Crippen MR) is 83.7 cm³/mol. The third-order valence-corrected chi connectivity index (χ3v) is 4.48. The summed E-state index contributed by atoms with van der Waals surface area (Å²) in [4.78, 5) is 14.0. The fraction of sp³-hybridized carbons (Fsp3) is 0.412. The quantitative estimate of drug-likeness (QED) is 0.913. The lowest BCUT2D eigenvalue weighted by Gasteiger charge is -2.33.